The van der Waals surface area contributed by atoms with E-state index < -0.39 is 0 Å². The number of benzene rings is 2. The molecule has 3 heteroatoms. The van der Waals surface area contributed by atoms with E-state index in [1.54, 1.807) is 0 Å². The van der Waals surface area contributed by atoms with E-state index in [9.17, 15) is 0 Å². The molecule has 0 atom stereocenters. The average Bonchev–Trinajstić information content (AvgIpc) is 2.82. The molecular weight excluding hydrogens is 294 g/mol. The smallest absolute Gasteiger partial charge is 0.211 e. The molecule has 0 fully saturated rings. The quantitative estimate of drug-likeness (QED) is 0.632. The van der Waals surface area contributed by atoms with Gasteiger partial charge in [0.1, 0.15) is 0 Å². The molecule has 0 amide bonds. The van der Waals surface area contributed by atoms with Gasteiger partial charge in [-0.3, -0.25) is 0 Å². The topological polar surface area (TPSA) is 22.2 Å². The number of nitrogens with zero attached hydrogens (tertiary/aromatic N) is 3. The van der Waals surface area contributed by atoms with Crippen LogP contribution in [0.15, 0.2) is 59.6 Å². The summed E-state index contributed by atoms with van der Waals surface area (Å²) < 4.78 is 4.74. The van der Waals surface area contributed by atoms with E-state index in [4.69, 9.17) is 4.99 Å². The summed E-state index contributed by atoms with van der Waals surface area (Å²) in [5.41, 5.74) is 4.58. The third-order valence-electron chi connectivity index (χ3n) is 4.03. The zero-order valence-electron chi connectivity index (χ0n) is 15.1. The number of imidazole rings is 1. The SMILES string of the molecule is CC(C)Cn1c(=Nc2ccccc2)n(CC(C)C)c2ccccc21. The first-order chi connectivity index (χ1) is 11.6. The molecule has 0 aliphatic heterocycles. The summed E-state index contributed by atoms with van der Waals surface area (Å²) in [6.07, 6.45) is 0. The Hall–Kier alpha value is -2.29. The Morgan fingerprint density at radius 1 is 0.708 bits per heavy atom. The van der Waals surface area contributed by atoms with Gasteiger partial charge in [0.25, 0.3) is 0 Å². The fraction of sp³-hybridized carbons (Fsp3) is 0.381. The third-order valence-corrected chi connectivity index (χ3v) is 4.03. The molecule has 24 heavy (non-hydrogen) atoms. The van der Waals surface area contributed by atoms with Crippen molar-refractivity contribution in [2.75, 3.05) is 0 Å². The molecule has 0 radical (unpaired) electrons. The van der Waals surface area contributed by atoms with Crippen LogP contribution in [0.3, 0.4) is 0 Å². The number of hydrogen-bond donors (Lipinski definition) is 0. The van der Waals surface area contributed by atoms with E-state index in [1.807, 2.05) is 18.2 Å². The molecule has 0 saturated heterocycles. The third kappa shape index (κ3) is 3.45. The second-order valence-electron chi connectivity index (χ2n) is 7.24. The fourth-order valence-corrected chi connectivity index (χ4v) is 3.11. The summed E-state index contributed by atoms with van der Waals surface area (Å²) in [6, 6.07) is 18.9. The van der Waals surface area contributed by atoms with E-state index in [0.29, 0.717) is 11.8 Å². The van der Waals surface area contributed by atoms with Crippen LogP contribution in [0, 0.1) is 11.8 Å². The highest BCUT2D eigenvalue weighted by molar-refractivity contribution is 5.76. The minimum atomic E-state index is 0.568. The van der Waals surface area contributed by atoms with Crippen LogP contribution in [0.5, 0.6) is 0 Å². The maximum absolute atomic E-state index is 5.01. The van der Waals surface area contributed by atoms with Crippen LogP contribution in [0.4, 0.5) is 5.69 Å². The van der Waals surface area contributed by atoms with Crippen LogP contribution in [0.1, 0.15) is 27.7 Å². The van der Waals surface area contributed by atoms with Crippen molar-refractivity contribution in [1.82, 2.24) is 9.13 Å². The Balaban J connectivity index is 2.32. The Labute approximate surface area is 144 Å². The molecular formula is C21H27N3. The predicted octanol–water partition coefficient (Wildman–Crippen LogP) is 4.99. The molecule has 126 valence electrons. The summed E-state index contributed by atoms with van der Waals surface area (Å²) in [7, 11) is 0. The molecule has 0 aliphatic carbocycles. The van der Waals surface area contributed by atoms with Crippen molar-refractivity contribution >= 4 is 16.7 Å². The minimum Gasteiger partial charge on any atom is -0.310 e. The lowest BCUT2D eigenvalue weighted by Gasteiger charge is -2.10. The van der Waals surface area contributed by atoms with Gasteiger partial charge >= 0.3 is 0 Å². The number of aromatic nitrogens is 2. The van der Waals surface area contributed by atoms with Crippen molar-refractivity contribution in [3.8, 4) is 0 Å². The van der Waals surface area contributed by atoms with Crippen LogP contribution in [0.2, 0.25) is 0 Å². The largest absolute Gasteiger partial charge is 0.310 e. The second-order valence-corrected chi connectivity index (χ2v) is 7.24. The first kappa shape index (κ1) is 16.6. The standard InChI is InChI=1S/C21H27N3/c1-16(2)14-23-19-12-8-9-13-20(19)24(15-17(3)4)21(23)22-18-10-6-5-7-11-18/h5-13,16-17H,14-15H2,1-4H3. The molecule has 0 aliphatic rings. The van der Waals surface area contributed by atoms with Crippen LogP contribution in [0.25, 0.3) is 11.0 Å². The maximum Gasteiger partial charge on any atom is 0.211 e. The summed E-state index contributed by atoms with van der Waals surface area (Å²) in [4.78, 5) is 5.01. The van der Waals surface area contributed by atoms with Gasteiger partial charge in [-0.05, 0) is 36.1 Å². The molecule has 1 heterocycles. The van der Waals surface area contributed by atoms with Crippen molar-refractivity contribution in [3.63, 3.8) is 0 Å². The van der Waals surface area contributed by atoms with E-state index in [1.165, 1.54) is 11.0 Å². The van der Waals surface area contributed by atoms with Crippen molar-refractivity contribution in [2.24, 2.45) is 16.8 Å². The summed E-state index contributed by atoms with van der Waals surface area (Å²) in [5.74, 6) is 1.14. The van der Waals surface area contributed by atoms with Crippen LogP contribution < -0.4 is 5.62 Å². The van der Waals surface area contributed by atoms with Gasteiger partial charge in [0.05, 0.1) is 16.7 Å². The van der Waals surface area contributed by atoms with E-state index in [-0.39, 0.29) is 0 Å². The van der Waals surface area contributed by atoms with E-state index in [2.05, 4.69) is 73.2 Å². The van der Waals surface area contributed by atoms with Gasteiger partial charge in [-0.2, -0.15) is 0 Å². The first-order valence-corrected chi connectivity index (χ1v) is 8.84. The van der Waals surface area contributed by atoms with Gasteiger partial charge in [0.15, 0.2) is 0 Å². The van der Waals surface area contributed by atoms with Crippen molar-refractivity contribution in [2.45, 2.75) is 40.8 Å². The fourth-order valence-electron chi connectivity index (χ4n) is 3.11. The highest BCUT2D eigenvalue weighted by Crippen LogP contribution is 2.17. The maximum atomic E-state index is 5.01. The monoisotopic (exact) mass is 321 g/mol. The van der Waals surface area contributed by atoms with Crippen molar-refractivity contribution in [3.05, 3.63) is 60.2 Å². The highest BCUT2D eigenvalue weighted by atomic mass is 15.2. The van der Waals surface area contributed by atoms with E-state index >= 15 is 0 Å². The Morgan fingerprint density at radius 3 is 1.62 bits per heavy atom. The molecule has 0 bridgehead atoms. The van der Waals surface area contributed by atoms with Crippen LogP contribution in [-0.2, 0) is 13.1 Å². The Kier molecular flexibility index (Phi) is 4.89. The minimum absolute atomic E-state index is 0.568. The van der Waals surface area contributed by atoms with Crippen LogP contribution in [-0.4, -0.2) is 9.13 Å². The molecule has 3 rings (SSSR count). The zero-order valence-corrected chi connectivity index (χ0v) is 15.1. The number of para-hydroxylation sites is 3. The Morgan fingerprint density at radius 2 is 1.17 bits per heavy atom. The molecule has 3 nitrogen and oxygen atoms in total. The van der Waals surface area contributed by atoms with E-state index in [0.717, 1.165) is 24.4 Å². The molecule has 3 aromatic rings. The lowest BCUT2D eigenvalue weighted by atomic mass is 10.2. The second kappa shape index (κ2) is 7.08. The van der Waals surface area contributed by atoms with Gasteiger partial charge in [-0.1, -0.05) is 58.0 Å². The molecule has 1 aromatic heterocycles. The normalized spacial score (nSPS) is 11.6. The van der Waals surface area contributed by atoms with Gasteiger partial charge in [-0.15, -0.1) is 0 Å². The lowest BCUT2D eigenvalue weighted by Crippen LogP contribution is -2.28. The zero-order chi connectivity index (χ0) is 17.1. The predicted molar refractivity (Wildman–Crippen MR) is 101 cm³/mol. The van der Waals surface area contributed by atoms with Gasteiger partial charge in [0, 0.05) is 13.1 Å². The highest BCUT2D eigenvalue weighted by Gasteiger charge is 2.13. The average molecular weight is 321 g/mol. The number of fused-ring (bicyclic) bond motifs is 1. The molecule has 0 N–H and O–H groups in total. The summed E-state index contributed by atoms with van der Waals surface area (Å²) in [5, 5.41) is 0. The lowest BCUT2D eigenvalue weighted by molar-refractivity contribution is 0.475. The number of rotatable bonds is 5. The summed E-state index contributed by atoms with van der Waals surface area (Å²) >= 11 is 0. The number of hydrogen-bond acceptors (Lipinski definition) is 1. The summed E-state index contributed by atoms with van der Waals surface area (Å²) in [6.45, 7) is 11.0. The van der Waals surface area contributed by atoms with Gasteiger partial charge < -0.3 is 9.13 Å². The van der Waals surface area contributed by atoms with Crippen molar-refractivity contribution in [1.29, 1.82) is 0 Å². The van der Waals surface area contributed by atoms with Gasteiger partial charge in [0.2, 0.25) is 5.62 Å². The van der Waals surface area contributed by atoms with Crippen molar-refractivity contribution < 1.29 is 0 Å². The van der Waals surface area contributed by atoms with Crippen LogP contribution >= 0.6 is 0 Å². The molecule has 0 spiro atoms. The van der Waals surface area contributed by atoms with Gasteiger partial charge in [-0.25, -0.2) is 4.99 Å². The molecule has 2 aromatic carbocycles. The molecule has 0 saturated carbocycles. The first-order valence-electron chi connectivity index (χ1n) is 8.84. The molecule has 0 unspecified atom stereocenters. The Bertz CT molecular complexity index is 817.